The van der Waals surface area contributed by atoms with E-state index in [0.717, 1.165) is 0 Å². The van der Waals surface area contributed by atoms with Crippen LogP contribution in [0, 0.1) is 6.92 Å². The number of aryl methyl sites for hydroxylation is 1. The molecule has 66 valence electrons. The van der Waals surface area contributed by atoms with Crippen LogP contribution < -0.4 is 0 Å². The van der Waals surface area contributed by atoms with Gasteiger partial charge in [-0.3, -0.25) is 0 Å². The van der Waals surface area contributed by atoms with E-state index < -0.39 is 0 Å². The summed E-state index contributed by atoms with van der Waals surface area (Å²) in [5, 5.41) is 1.18. The smallest absolute Gasteiger partial charge is 0.0769 e. The lowest BCUT2D eigenvalue weighted by atomic mass is 10.2. The molecule has 0 bridgehead atoms. The first kappa shape index (κ1) is 8.45. The summed E-state index contributed by atoms with van der Waals surface area (Å²) in [5.74, 6) is 0. The molecular weight excluding hydrogens is 178 g/mol. The lowest BCUT2D eigenvalue weighted by molar-refractivity contribution is 1.20. The first-order valence-electron chi connectivity index (χ1n) is 4.22. The standard InChI is InChI=1S/C11H11NS/c1-9-4-6-10(7-5-9)13-11-3-2-8-12-11/h2-8,12H,1H3. The molecule has 0 saturated heterocycles. The van der Waals surface area contributed by atoms with Gasteiger partial charge in [-0.2, -0.15) is 0 Å². The Bertz CT molecular complexity index is 361. The minimum Gasteiger partial charge on any atom is -0.356 e. The lowest BCUT2D eigenvalue weighted by Gasteiger charge is -1.98. The Balaban J connectivity index is 2.15. The predicted molar refractivity (Wildman–Crippen MR) is 56.1 cm³/mol. The van der Waals surface area contributed by atoms with Crippen LogP contribution >= 0.6 is 11.8 Å². The summed E-state index contributed by atoms with van der Waals surface area (Å²) in [4.78, 5) is 4.43. The van der Waals surface area contributed by atoms with E-state index in [1.54, 1.807) is 11.8 Å². The second kappa shape index (κ2) is 3.71. The van der Waals surface area contributed by atoms with Crippen LogP contribution in [0.2, 0.25) is 0 Å². The van der Waals surface area contributed by atoms with Crippen LogP contribution in [0.15, 0.2) is 52.5 Å². The highest BCUT2D eigenvalue weighted by atomic mass is 32.2. The summed E-state index contributed by atoms with van der Waals surface area (Å²) in [6.45, 7) is 2.10. The van der Waals surface area contributed by atoms with Gasteiger partial charge < -0.3 is 4.98 Å². The van der Waals surface area contributed by atoms with Gasteiger partial charge in [-0.25, -0.2) is 0 Å². The fourth-order valence-electron chi connectivity index (χ4n) is 1.11. The third kappa shape index (κ3) is 2.16. The van der Waals surface area contributed by atoms with E-state index in [9.17, 15) is 0 Å². The number of rotatable bonds is 2. The lowest BCUT2D eigenvalue weighted by Crippen LogP contribution is -1.73. The van der Waals surface area contributed by atoms with Crippen molar-refractivity contribution >= 4 is 11.8 Å². The average Bonchev–Trinajstić information content (AvgIpc) is 2.62. The van der Waals surface area contributed by atoms with Crippen LogP contribution in [0.5, 0.6) is 0 Å². The topological polar surface area (TPSA) is 15.8 Å². The maximum atomic E-state index is 3.16. The van der Waals surface area contributed by atoms with Gasteiger partial charge in [-0.1, -0.05) is 29.5 Å². The molecule has 2 heteroatoms. The van der Waals surface area contributed by atoms with Crippen LogP contribution in [-0.4, -0.2) is 4.98 Å². The maximum Gasteiger partial charge on any atom is 0.0769 e. The first-order valence-corrected chi connectivity index (χ1v) is 5.04. The van der Waals surface area contributed by atoms with Gasteiger partial charge in [0.1, 0.15) is 0 Å². The van der Waals surface area contributed by atoms with Gasteiger partial charge in [-0.05, 0) is 31.2 Å². The molecule has 0 aliphatic rings. The van der Waals surface area contributed by atoms with Gasteiger partial charge >= 0.3 is 0 Å². The van der Waals surface area contributed by atoms with Crippen molar-refractivity contribution in [1.82, 2.24) is 4.98 Å². The third-order valence-electron chi connectivity index (χ3n) is 1.82. The molecule has 1 N–H and O–H groups in total. The van der Waals surface area contributed by atoms with Gasteiger partial charge in [-0.15, -0.1) is 0 Å². The summed E-state index contributed by atoms with van der Waals surface area (Å²) < 4.78 is 0. The number of H-pyrrole nitrogens is 1. The van der Waals surface area contributed by atoms with Gasteiger partial charge in [0.05, 0.1) is 5.03 Å². The van der Waals surface area contributed by atoms with E-state index >= 15 is 0 Å². The second-order valence-electron chi connectivity index (χ2n) is 2.95. The van der Waals surface area contributed by atoms with Crippen LogP contribution in [0.4, 0.5) is 0 Å². The van der Waals surface area contributed by atoms with Crippen LogP contribution in [-0.2, 0) is 0 Å². The molecule has 0 unspecified atom stereocenters. The van der Waals surface area contributed by atoms with Crippen LogP contribution in [0.1, 0.15) is 5.56 Å². The zero-order chi connectivity index (χ0) is 9.10. The quantitative estimate of drug-likeness (QED) is 0.764. The molecule has 0 aliphatic heterocycles. The zero-order valence-corrected chi connectivity index (χ0v) is 8.27. The summed E-state index contributed by atoms with van der Waals surface area (Å²) in [5.41, 5.74) is 1.30. The summed E-state index contributed by atoms with van der Waals surface area (Å²) in [6, 6.07) is 12.6. The third-order valence-corrected chi connectivity index (χ3v) is 2.80. The molecular formula is C11H11NS. The molecule has 1 heterocycles. The molecule has 13 heavy (non-hydrogen) atoms. The first-order chi connectivity index (χ1) is 6.34. The number of hydrogen-bond donors (Lipinski definition) is 1. The molecule has 2 aromatic rings. The Labute approximate surface area is 82.2 Å². The van der Waals surface area contributed by atoms with Gasteiger partial charge in [0.15, 0.2) is 0 Å². The Morgan fingerprint density at radius 3 is 2.46 bits per heavy atom. The van der Waals surface area contributed by atoms with Crippen LogP contribution in [0.3, 0.4) is 0 Å². The fourth-order valence-corrected chi connectivity index (χ4v) is 1.91. The van der Waals surface area contributed by atoms with Crippen LogP contribution in [0.25, 0.3) is 0 Å². The monoisotopic (exact) mass is 189 g/mol. The van der Waals surface area contributed by atoms with Gasteiger partial charge in [0, 0.05) is 11.1 Å². The Kier molecular flexibility index (Phi) is 2.41. The summed E-state index contributed by atoms with van der Waals surface area (Å²) >= 11 is 1.75. The number of aromatic nitrogens is 1. The average molecular weight is 189 g/mol. The zero-order valence-electron chi connectivity index (χ0n) is 7.45. The second-order valence-corrected chi connectivity index (χ2v) is 4.06. The van der Waals surface area contributed by atoms with E-state index in [-0.39, 0.29) is 0 Å². The number of aromatic amines is 1. The van der Waals surface area contributed by atoms with Gasteiger partial charge in [0.2, 0.25) is 0 Å². The molecule has 0 atom stereocenters. The van der Waals surface area contributed by atoms with Crippen molar-refractivity contribution in [2.45, 2.75) is 16.8 Å². The molecule has 0 fully saturated rings. The van der Waals surface area contributed by atoms with E-state index in [2.05, 4.69) is 42.2 Å². The van der Waals surface area contributed by atoms with Gasteiger partial charge in [0.25, 0.3) is 0 Å². The summed E-state index contributed by atoms with van der Waals surface area (Å²) in [7, 11) is 0. The highest BCUT2D eigenvalue weighted by Gasteiger charge is 1.95. The van der Waals surface area contributed by atoms with E-state index in [0.29, 0.717) is 0 Å². The minimum absolute atomic E-state index is 1.18. The van der Waals surface area contributed by atoms with E-state index in [4.69, 9.17) is 0 Å². The van der Waals surface area contributed by atoms with E-state index in [1.165, 1.54) is 15.5 Å². The molecule has 2 rings (SSSR count). The molecule has 0 saturated carbocycles. The molecule has 0 radical (unpaired) electrons. The molecule has 0 spiro atoms. The Morgan fingerprint density at radius 2 is 1.85 bits per heavy atom. The van der Waals surface area contributed by atoms with Crippen molar-refractivity contribution in [2.24, 2.45) is 0 Å². The van der Waals surface area contributed by atoms with Crippen molar-refractivity contribution in [3.8, 4) is 0 Å². The molecule has 1 nitrogen and oxygen atoms in total. The van der Waals surface area contributed by atoms with Crippen molar-refractivity contribution in [3.63, 3.8) is 0 Å². The molecule has 0 amide bonds. The number of nitrogens with one attached hydrogen (secondary N) is 1. The number of hydrogen-bond acceptors (Lipinski definition) is 1. The van der Waals surface area contributed by atoms with Crippen molar-refractivity contribution in [3.05, 3.63) is 48.2 Å². The highest BCUT2D eigenvalue weighted by molar-refractivity contribution is 7.99. The SMILES string of the molecule is Cc1ccc(Sc2ccc[nH]2)cc1. The molecule has 0 aliphatic carbocycles. The maximum absolute atomic E-state index is 3.16. The molecule has 1 aromatic heterocycles. The van der Waals surface area contributed by atoms with E-state index in [1.807, 2.05) is 12.3 Å². The van der Waals surface area contributed by atoms with Crippen molar-refractivity contribution < 1.29 is 0 Å². The Hall–Kier alpha value is -1.15. The van der Waals surface area contributed by atoms with Crippen molar-refractivity contribution in [2.75, 3.05) is 0 Å². The minimum atomic E-state index is 1.18. The summed E-state index contributed by atoms with van der Waals surface area (Å²) in [6.07, 6.45) is 1.94. The highest BCUT2D eigenvalue weighted by Crippen LogP contribution is 2.25. The normalized spacial score (nSPS) is 10.2. The predicted octanol–water partition coefficient (Wildman–Crippen LogP) is 3.47. The number of benzene rings is 1. The molecule has 1 aromatic carbocycles. The largest absolute Gasteiger partial charge is 0.356 e. The Morgan fingerprint density at radius 1 is 1.08 bits per heavy atom. The fraction of sp³-hybridized carbons (Fsp3) is 0.0909. The van der Waals surface area contributed by atoms with Crippen molar-refractivity contribution in [1.29, 1.82) is 0 Å².